The summed E-state index contributed by atoms with van der Waals surface area (Å²) in [6, 6.07) is 15.0. The summed E-state index contributed by atoms with van der Waals surface area (Å²) in [6.45, 7) is 2.04. The lowest BCUT2D eigenvalue weighted by Gasteiger charge is -2.22. The molecule has 1 aliphatic rings. The van der Waals surface area contributed by atoms with E-state index in [1.54, 1.807) is 18.3 Å². The molecule has 1 aliphatic heterocycles. The quantitative estimate of drug-likeness (QED) is 0.307. The smallest absolute Gasteiger partial charge is 0.160 e. The summed E-state index contributed by atoms with van der Waals surface area (Å²) in [4.78, 5) is 13.6. The largest absolute Gasteiger partial charge is 0.317 e. The molecule has 0 atom stereocenters. The normalized spacial score (nSPS) is 13.7. The molecule has 5 heterocycles. The van der Waals surface area contributed by atoms with Gasteiger partial charge in [0.05, 0.1) is 17.9 Å². The summed E-state index contributed by atoms with van der Waals surface area (Å²) in [5.74, 6) is -0.312. The van der Waals surface area contributed by atoms with E-state index in [2.05, 4.69) is 42.3 Å². The van der Waals surface area contributed by atoms with Gasteiger partial charge in [-0.25, -0.2) is 14.4 Å². The molecular weight excluding hydrogens is 498 g/mol. The molecule has 0 aliphatic carbocycles. The average Bonchev–Trinajstić information content (AvgIpc) is 3.40. The monoisotopic (exact) mass is 522 g/mol. The molecule has 0 spiro atoms. The molecule has 1 aromatic carbocycles. The lowest BCUT2D eigenvalue weighted by Crippen LogP contribution is -2.29. The highest BCUT2D eigenvalue weighted by Gasteiger charge is 2.17. The zero-order chi connectivity index (χ0) is 22.9. The molecule has 1 saturated heterocycles. The van der Waals surface area contributed by atoms with Crippen molar-refractivity contribution in [1.29, 1.82) is 0 Å². The van der Waals surface area contributed by atoms with E-state index in [-0.39, 0.29) is 30.6 Å². The topological polar surface area (TPSA) is 68.5 Å². The van der Waals surface area contributed by atoms with Crippen LogP contribution in [0.5, 0.6) is 0 Å². The number of halogens is 3. The van der Waals surface area contributed by atoms with E-state index in [0.717, 1.165) is 53.6 Å². The number of benzene rings is 1. The van der Waals surface area contributed by atoms with Crippen molar-refractivity contribution in [3.63, 3.8) is 0 Å². The van der Waals surface area contributed by atoms with Crippen LogP contribution in [0.1, 0.15) is 18.9 Å². The third-order valence-corrected chi connectivity index (χ3v) is 6.40. The van der Waals surface area contributed by atoms with Crippen molar-refractivity contribution in [2.24, 2.45) is 0 Å². The van der Waals surface area contributed by atoms with Gasteiger partial charge in [0.25, 0.3) is 0 Å². The van der Waals surface area contributed by atoms with Crippen LogP contribution >= 0.6 is 24.8 Å². The summed E-state index contributed by atoms with van der Waals surface area (Å²) >= 11 is 0. The standard InChI is InChI=1S/C27H23FN6.2ClH/c28-25-6-2-1-4-23(25)26-13-24(22-5-3-9-31-27(22)33-26)19-12-18(14-30-15-19)20-16-32-34(17-20)21-7-10-29-11-8-21;;/h1-6,9,12-17,21,29H,7-8,10-11H2;2*1H. The summed E-state index contributed by atoms with van der Waals surface area (Å²) in [7, 11) is 0. The third kappa shape index (κ3) is 4.95. The first-order valence-corrected chi connectivity index (χ1v) is 11.5. The van der Waals surface area contributed by atoms with E-state index in [0.29, 0.717) is 22.9 Å². The van der Waals surface area contributed by atoms with E-state index in [9.17, 15) is 4.39 Å². The lowest BCUT2D eigenvalue weighted by atomic mass is 9.99. The molecule has 5 aromatic rings. The number of piperidine rings is 1. The van der Waals surface area contributed by atoms with Crippen molar-refractivity contribution in [1.82, 2.24) is 30.0 Å². The number of fused-ring (bicyclic) bond motifs is 1. The molecule has 0 bridgehead atoms. The number of hydrogen-bond acceptors (Lipinski definition) is 5. The molecule has 0 saturated carbocycles. The Morgan fingerprint density at radius 3 is 2.50 bits per heavy atom. The molecule has 1 fully saturated rings. The maximum Gasteiger partial charge on any atom is 0.160 e. The molecule has 6 nitrogen and oxygen atoms in total. The number of rotatable bonds is 4. The maximum atomic E-state index is 14.6. The van der Waals surface area contributed by atoms with Gasteiger partial charge in [-0.05, 0) is 67.9 Å². The fourth-order valence-electron chi connectivity index (χ4n) is 4.61. The Balaban J connectivity index is 0.00000152. The second-order valence-electron chi connectivity index (χ2n) is 8.56. The Bertz CT molecular complexity index is 1480. The Morgan fingerprint density at radius 2 is 1.67 bits per heavy atom. The molecule has 1 N–H and O–H groups in total. The van der Waals surface area contributed by atoms with Gasteiger partial charge in [0, 0.05) is 52.4 Å². The molecule has 9 heteroatoms. The van der Waals surface area contributed by atoms with Crippen molar-refractivity contribution in [3.8, 4) is 33.5 Å². The first kappa shape index (κ1) is 25.7. The van der Waals surface area contributed by atoms with Crippen molar-refractivity contribution >= 4 is 35.8 Å². The fourth-order valence-corrected chi connectivity index (χ4v) is 4.61. The average molecular weight is 523 g/mol. The van der Waals surface area contributed by atoms with Crippen LogP contribution in [0.2, 0.25) is 0 Å². The van der Waals surface area contributed by atoms with Gasteiger partial charge in [-0.2, -0.15) is 5.10 Å². The van der Waals surface area contributed by atoms with E-state index in [1.165, 1.54) is 6.07 Å². The van der Waals surface area contributed by atoms with Gasteiger partial charge in [-0.15, -0.1) is 24.8 Å². The number of pyridine rings is 3. The summed E-state index contributed by atoms with van der Waals surface area (Å²) in [5.41, 5.74) is 5.41. The second kappa shape index (κ2) is 11.1. The Hall–Kier alpha value is -3.39. The molecule has 6 rings (SSSR count). The van der Waals surface area contributed by atoms with Crippen molar-refractivity contribution < 1.29 is 4.39 Å². The van der Waals surface area contributed by atoms with Gasteiger partial charge in [-0.3, -0.25) is 9.67 Å². The second-order valence-corrected chi connectivity index (χ2v) is 8.56. The summed E-state index contributed by atoms with van der Waals surface area (Å²) < 4.78 is 16.6. The van der Waals surface area contributed by atoms with Gasteiger partial charge >= 0.3 is 0 Å². The van der Waals surface area contributed by atoms with Crippen LogP contribution in [-0.4, -0.2) is 37.8 Å². The van der Waals surface area contributed by atoms with Crippen molar-refractivity contribution in [3.05, 3.63) is 85.3 Å². The van der Waals surface area contributed by atoms with Crippen LogP contribution in [0.4, 0.5) is 4.39 Å². The molecule has 4 aromatic heterocycles. The van der Waals surface area contributed by atoms with E-state index in [1.807, 2.05) is 42.9 Å². The molecule has 0 unspecified atom stereocenters. The van der Waals surface area contributed by atoms with Crippen LogP contribution in [0.15, 0.2) is 79.5 Å². The zero-order valence-corrected chi connectivity index (χ0v) is 21.0. The maximum absolute atomic E-state index is 14.6. The van der Waals surface area contributed by atoms with E-state index >= 15 is 0 Å². The van der Waals surface area contributed by atoms with Gasteiger partial charge in [0.2, 0.25) is 0 Å². The highest BCUT2D eigenvalue weighted by atomic mass is 35.5. The molecule has 184 valence electrons. The number of aromatic nitrogens is 5. The SMILES string of the molecule is Cl.Cl.Fc1ccccc1-c1cc(-c2cncc(-c3cnn(C4CCNCC4)c3)c2)c2cccnc2n1. The minimum Gasteiger partial charge on any atom is -0.317 e. The van der Waals surface area contributed by atoms with E-state index in [4.69, 9.17) is 0 Å². The minimum absolute atomic E-state index is 0. The van der Waals surface area contributed by atoms with Gasteiger partial charge in [-0.1, -0.05) is 12.1 Å². The predicted molar refractivity (Wildman–Crippen MR) is 145 cm³/mol. The van der Waals surface area contributed by atoms with Gasteiger partial charge in [0.15, 0.2) is 5.65 Å². The highest BCUT2D eigenvalue weighted by molar-refractivity contribution is 5.95. The van der Waals surface area contributed by atoms with Crippen LogP contribution in [0, 0.1) is 5.82 Å². The predicted octanol–water partition coefficient (Wildman–Crippen LogP) is 6.13. The molecule has 36 heavy (non-hydrogen) atoms. The highest BCUT2D eigenvalue weighted by Crippen LogP contribution is 2.34. The van der Waals surface area contributed by atoms with Crippen LogP contribution < -0.4 is 5.32 Å². The third-order valence-electron chi connectivity index (χ3n) is 6.40. The fraction of sp³-hybridized carbons (Fsp3) is 0.185. The van der Waals surface area contributed by atoms with Crippen LogP contribution in [-0.2, 0) is 0 Å². The van der Waals surface area contributed by atoms with Crippen LogP contribution in [0.25, 0.3) is 44.5 Å². The molecular formula is C27H25Cl2FN6. The first-order chi connectivity index (χ1) is 16.8. The lowest BCUT2D eigenvalue weighted by molar-refractivity contribution is 0.343. The zero-order valence-electron chi connectivity index (χ0n) is 19.3. The molecule has 0 amide bonds. The Morgan fingerprint density at radius 1 is 0.861 bits per heavy atom. The van der Waals surface area contributed by atoms with Crippen molar-refractivity contribution in [2.45, 2.75) is 18.9 Å². The Labute approximate surface area is 220 Å². The summed E-state index contributed by atoms with van der Waals surface area (Å²) in [5, 5.41) is 8.92. The van der Waals surface area contributed by atoms with Gasteiger partial charge in [0.1, 0.15) is 5.82 Å². The molecule has 0 radical (unpaired) electrons. The minimum atomic E-state index is -0.312. The number of nitrogens with zero attached hydrogens (tertiary/aromatic N) is 5. The number of nitrogens with one attached hydrogen (secondary N) is 1. The van der Waals surface area contributed by atoms with E-state index < -0.39 is 0 Å². The number of hydrogen-bond donors (Lipinski definition) is 1. The van der Waals surface area contributed by atoms with Gasteiger partial charge < -0.3 is 5.32 Å². The van der Waals surface area contributed by atoms with Crippen molar-refractivity contribution in [2.75, 3.05) is 13.1 Å². The van der Waals surface area contributed by atoms with Crippen LogP contribution in [0.3, 0.4) is 0 Å². The summed E-state index contributed by atoms with van der Waals surface area (Å²) in [6.07, 6.45) is 11.5. The first-order valence-electron chi connectivity index (χ1n) is 11.5. The Kier molecular flexibility index (Phi) is 7.94.